The lowest BCUT2D eigenvalue weighted by molar-refractivity contribution is -0.118. The normalized spacial score (nSPS) is 15.5. The topological polar surface area (TPSA) is 122 Å². The molecule has 7 nitrogen and oxygen atoms in total. The fourth-order valence-corrected chi connectivity index (χ4v) is 3.38. The van der Waals surface area contributed by atoms with Gasteiger partial charge in [0, 0.05) is 37.4 Å². The number of nitrogens with one attached hydrogen (secondary N) is 1. The Morgan fingerprint density at radius 3 is 2.64 bits per heavy atom. The molecule has 146 valence electrons. The van der Waals surface area contributed by atoms with E-state index in [0.717, 1.165) is 11.3 Å². The maximum Gasteiger partial charge on any atom is 0.526 e. The molecule has 1 aliphatic rings. The molecular weight excluding hydrogens is 359 g/mol. The highest BCUT2D eigenvalue weighted by atomic mass is 16.5. The number of rotatable bonds is 8. The number of ketones is 1. The Bertz CT molecular complexity index is 856. The van der Waals surface area contributed by atoms with Crippen LogP contribution in [0.5, 0.6) is 5.75 Å². The van der Waals surface area contributed by atoms with Gasteiger partial charge in [-0.3, -0.25) is 4.79 Å². The summed E-state index contributed by atoms with van der Waals surface area (Å²) in [6.45, 7) is 1.23. The number of fused-ring (bicyclic) bond motifs is 1. The zero-order valence-corrected chi connectivity index (χ0v) is 15.4. The van der Waals surface area contributed by atoms with Gasteiger partial charge in [0.1, 0.15) is 11.5 Å². The Morgan fingerprint density at radius 1 is 1.21 bits per heavy atom. The molecule has 1 aliphatic heterocycles. The lowest BCUT2D eigenvalue weighted by Gasteiger charge is -2.28. The minimum atomic E-state index is -1.21. The van der Waals surface area contributed by atoms with Crippen molar-refractivity contribution in [2.45, 2.75) is 25.1 Å². The van der Waals surface area contributed by atoms with Crippen LogP contribution in [0.4, 0.5) is 5.69 Å². The maximum atomic E-state index is 12.5. The second kappa shape index (κ2) is 8.90. The summed E-state index contributed by atoms with van der Waals surface area (Å²) in [5.41, 5.74) is 8.01. The first kappa shape index (κ1) is 19.9. The van der Waals surface area contributed by atoms with E-state index in [1.807, 2.05) is 24.3 Å². The van der Waals surface area contributed by atoms with Crippen molar-refractivity contribution < 1.29 is 24.4 Å². The van der Waals surface area contributed by atoms with E-state index in [1.165, 1.54) is 6.07 Å². The van der Waals surface area contributed by atoms with Crippen molar-refractivity contribution in [3.63, 3.8) is 0 Å². The van der Waals surface area contributed by atoms with Gasteiger partial charge in [0.15, 0.2) is 0 Å². The summed E-state index contributed by atoms with van der Waals surface area (Å²) in [4.78, 5) is 23.8. The van der Waals surface area contributed by atoms with Gasteiger partial charge < -0.3 is 25.8 Å². The summed E-state index contributed by atoms with van der Waals surface area (Å²) < 4.78 is 5.45. The molecule has 2 aromatic rings. The van der Waals surface area contributed by atoms with Crippen molar-refractivity contribution in [2.75, 3.05) is 18.4 Å². The molecule has 0 bridgehead atoms. The van der Waals surface area contributed by atoms with E-state index in [1.54, 1.807) is 12.1 Å². The number of carboxylic acids is 1. The Morgan fingerprint density at radius 2 is 1.96 bits per heavy atom. The molecular formula is C20H23BN2O5. The van der Waals surface area contributed by atoms with Gasteiger partial charge in [-0.15, -0.1) is 0 Å². The predicted molar refractivity (Wildman–Crippen MR) is 107 cm³/mol. The van der Waals surface area contributed by atoms with Crippen LogP contribution < -0.4 is 15.7 Å². The van der Waals surface area contributed by atoms with Crippen LogP contribution in [0.3, 0.4) is 0 Å². The minimum Gasteiger partial charge on any atom is -0.535 e. The summed E-state index contributed by atoms with van der Waals surface area (Å²) in [6.07, 6.45) is 0.818. The van der Waals surface area contributed by atoms with Gasteiger partial charge in [0.05, 0.1) is 5.56 Å². The van der Waals surface area contributed by atoms with E-state index in [-0.39, 0.29) is 29.9 Å². The van der Waals surface area contributed by atoms with E-state index in [0.29, 0.717) is 25.1 Å². The highest BCUT2D eigenvalue weighted by Gasteiger charge is 2.37. The van der Waals surface area contributed by atoms with Crippen LogP contribution in [0.25, 0.3) is 0 Å². The predicted octanol–water partition coefficient (Wildman–Crippen LogP) is 1.74. The highest BCUT2D eigenvalue weighted by molar-refractivity contribution is 6.47. The fourth-order valence-electron chi connectivity index (χ4n) is 3.38. The first-order valence-electron chi connectivity index (χ1n) is 9.22. The molecule has 3 rings (SSSR count). The summed E-state index contributed by atoms with van der Waals surface area (Å²) in [6, 6.07) is 12.4. The van der Waals surface area contributed by atoms with Crippen LogP contribution in [0.15, 0.2) is 42.5 Å². The van der Waals surface area contributed by atoms with E-state index < -0.39 is 18.9 Å². The van der Waals surface area contributed by atoms with Crippen LogP contribution in [0, 0.1) is 0 Å². The van der Waals surface area contributed by atoms with Crippen LogP contribution in [-0.2, 0) is 17.6 Å². The molecule has 0 fully saturated rings. The number of anilines is 1. The summed E-state index contributed by atoms with van der Waals surface area (Å²) in [5.74, 6) is -1.34. The van der Waals surface area contributed by atoms with Gasteiger partial charge in [-0.2, -0.15) is 0 Å². The first-order valence-corrected chi connectivity index (χ1v) is 9.22. The first-order chi connectivity index (χ1) is 13.5. The number of hydrogen-bond acceptors (Lipinski definition) is 6. The zero-order valence-electron chi connectivity index (χ0n) is 15.4. The SMILES string of the molecule is NCCNc1ccc(CC(=O)C[C@H]2Cc3cccc(C(=O)O)c3OB2O)cc1. The Hall–Kier alpha value is -2.84. The Labute approximate surface area is 163 Å². The number of carbonyl (C=O) groups excluding carboxylic acids is 1. The second-order valence-corrected chi connectivity index (χ2v) is 6.90. The number of benzene rings is 2. The van der Waals surface area contributed by atoms with Gasteiger partial charge in [-0.05, 0) is 35.7 Å². The van der Waals surface area contributed by atoms with Crippen molar-refractivity contribution in [2.24, 2.45) is 5.73 Å². The van der Waals surface area contributed by atoms with Crippen molar-refractivity contribution in [1.29, 1.82) is 0 Å². The Kier molecular flexibility index (Phi) is 6.33. The number of Topliss-reactive ketones (excluding diaryl/α,β-unsaturated/α-hetero) is 1. The molecule has 0 saturated carbocycles. The summed E-state index contributed by atoms with van der Waals surface area (Å²) in [5, 5.41) is 22.7. The molecule has 0 aromatic heterocycles. The molecule has 8 heteroatoms. The molecule has 0 aliphatic carbocycles. The van der Waals surface area contributed by atoms with Gasteiger partial charge in [-0.25, -0.2) is 4.79 Å². The van der Waals surface area contributed by atoms with Gasteiger partial charge in [0.2, 0.25) is 0 Å². The maximum absolute atomic E-state index is 12.5. The molecule has 0 unspecified atom stereocenters. The van der Waals surface area contributed by atoms with Crippen molar-refractivity contribution in [1.82, 2.24) is 0 Å². The summed E-state index contributed by atoms with van der Waals surface area (Å²) >= 11 is 0. The number of para-hydroxylation sites is 1. The lowest BCUT2D eigenvalue weighted by Crippen LogP contribution is -2.36. The molecule has 0 saturated heterocycles. The summed E-state index contributed by atoms with van der Waals surface area (Å²) in [7, 11) is -1.21. The largest absolute Gasteiger partial charge is 0.535 e. The third-order valence-corrected chi connectivity index (χ3v) is 4.77. The molecule has 0 amide bonds. The molecule has 2 aromatic carbocycles. The quantitative estimate of drug-likeness (QED) is 0.513. The van der Waals surface area contributed by atoms with Crippen LogP contribution in [0.1, 0.15) is 27.9 Å². The zero-order chi connectivity index (χ0) is 20.1. The number of aromatic carboxylic acids is 1. The number of hydrogen-bond donors (Lipinski definition) is 4. The standard InChI is InChI=1S/C20H23BN2O5/c22-8-9-23-16-6-4-13(5-7-16)10-17(24)12-15-11-14-2-1-3-18(20(25)26)19(14)28-21(15)27/h1-7,15,23,27H,8-12,22H2,(H,25,26)/t15-/m1/s1. The molecule has 5 N–H and O–H groups in total. The average molecular weight is 382 g/mol. The number of carboxylic acid groups (broad SMARTS) is 1. The van der Waals surface area contributed by atoms with E-state index >= 15 is 0 Å². The molecule has 1 heterocycles. The van der Waals surface area contributed by atoms with Crippen LogP contribution >= 0.6 is 0 Å². The monoisotopic (exact) mass is 382 g/mol. The van der Waals surface area contributed by atoms with Crippen molar-refractivity contribution in [3.05, 3.63) is 59.2 Å². The Balaban J connectivity index is 1.61. The lowest BCUT2D eigenvalue weighted by atomic mass is 9.64. The van der Waals surface area contributed by atoms with E-state index in [2.05, 4.69) is 5.32 Å². The molecule has 0 radical (unpaired) electrons. The second-order valence-electron chi connectivity index (χ2n) is 6.90. The van der Waals surface area contributed by atoms with E-state index in [9.17, 15) is 19.7 Å². The highest BCUT2D eigenvalue weighted by Crippen LogP contribution is 2.36. The molecule has 28 heavy (non-hydrogen) atoms. The van der Waals surface area contributed by atoms with Crippen LogP contribution in [0.2, 0.25) is 5.82 Å². The van der Waals surface area contributed by atoms with E-state index in [4.69, 9.17) is 10.4 Å². The average Bonchev–Trinajstić information content (AvgIpc) is 2.67. The van der Waals surface area contributed by atoms with Gasteiger partial charge in [-0.1, -0.05) is 24.3 Å². The third kappa shape index (κ3) is 4.71. The van der Waals surface area contributed by atoms with Crippen LogP contribution in [-0.4, -0.2) is 42.1 Å². The smallest absolute Gasteiger partial charge is 0.526 e. The van der Waals surface area contributed by atoms with Gasteiger partial charge in [0.25, 0.3) is 0 Å². The van der Waals surface area contributed by atoms with Crippen molar-refractivity contribution in [3.8, 4) is 5.75 Å². The third-order valence-electron chi connectivity index (χ3n) is 4.77. The number of nitrogens with two attached hydrogens (primary N) is 1. The molecule has 0 spiro atoms. The minimum absolute atomic E-state index is 0.00634. The van der Waals surface area contributed by atoms with Crippen molar-refractivity contribution >= 4 is 24.6 Å². The molecule has 1 atom stereocenters. The van der Waals surface area contributed by atoms with Gasteiger partial charge >= 0.3 is 13.1 Å². The number of carbonyl (C=O) groups is 2. The fraction of sp³-hybridized carbons (Fsp3) is 0.300.